The third-order valence-electron chi connectivity index (χ3n) is 18.6. The fraction of sp³-hybridized carbons (Fsp3) is 0.812. The van der Waals surface area contributed by atoms with Crippen LogP contribution in [0.15, 0.2) is 12.2 Å². The molecular formula is C69H124N12O14. The summed E-state index contributed by atoms with van der Waals surface area (Å²) < 4.78 is 11.9. The number of morpholine rings is 1. The van der Waals surface area contributed by atoms with Crippen molar-refractivity contribution >= 4 is 65.0 Å². The lowest BCUT2D eigenvalue weighted by Crippen LogP contribution is -2.64. The van der Waals surface area contributed by atoms with E-state index in [0.717, 1.165) is 35.9 Å². The molecule has 2 aliphatic heterocycles. The molecule has 0 unspecified atom stereocenters. The molecule has 5 N–H and O–H groups in total. The molecule has 26 nitrogen and oxygen atoms in total. The first-order valence-electron chi connectivity index (χ1n) is 34.5. The molecule has 0 aliphatic carbocycles. The first-order valence-corrected chi connectivity index (χ1v) is 34.5. The van der Waals surface area contributed by atoms with Crippen molar-refractivity contribution in [1.82, 2.24) is 60.5 Å². The zero-order chi connectivity index (χ0) is 72.8. The fourth-order valence-corrected chi connectivity index (χ4v) is 12.3. The van der Waals surface area contributed by atoms with Crippen LogP contribution in [0.5, 0.6) is 0 Å². The molecule has 0 aromatic carbocycles. The topological polar surface area (TPSA) is 300 Å². The summed E-state index contributed by atoms with van der Waals surface area (Å²) in [6, 6.07) is -14.2. The summed E-state index contributed by atoms with van der Waals surface area (Å²) in [7, 11) is 9.90. The van der Waals surface area contributed by atoms with Crippen LogP contribution >= 0.6 is 0 Å². The van der Waals surface area contributed by atoms with Gasteiger partial charge in [-0.25, -0.2) is 0 Å². The average molecular weight is 1350 g/mol. The Bertz CT molecular complexity index is 2580. The van der Waals surface area contributed by atoms with Crippen molar-refractivity contribution in [3.8, 4) is 0 Å². The van der Waals surface area contributed by atoms with Gasteiger partial charge in [0.25, 0.3) is 0 Å². The van der Waals surface area contributed by atoms with Crippen molar-refractivity contribution in [2.75, 3.05) is 88.8 Å². The van der Waals surface area contributed by atoms with Crippen molar-refractivity contribution in [1.29, 1.82) is 0 Å². The van der Waals surface area contributed by atoms with Gasteiger partial charge in [0.1, 0.15) is 66.5 Å². The van der Waals surface area contributed by atoms with Crippen LogP contribution in [0.3, 0.4) is 0 Å². The number of carbonyl (C=O) groups excluding carboxylic acids is 11. The predicted molar refractivity (Wildman–Crippen MR) is 365 cm³/mol. The lowest BCUT2D eigenvalue weighted by Gasteiger charge is -2.41. The maximum atomic E-state index is 15.3. The van der Waals surface area contributed by atoms with Gasteiger partial charge in [0.2, 0.25) is 65.0 Å². The van der Waals surface area contributed by atoms with Crippen LogP contribution in [-0.2, 0) is 62.2 Å². The second-order valence-corrected chi connectivity index (χ2v) is 28.5. The van der Waals surface area contributed by atoms with Crippen LogP contribution in [0.2, 0.25) is 0 Å². The highest BCUT2D eigenvalue weighted by Crippen LogP contribution is 2.26. The van der Waals surface area contributed by atoms with E-state index in [1.165, 1.54) is 94.6 Å². The van der Waals surface area contributed by atoms with Gasteiger partial charge in [0.05, 0.1) is 25.4 Å². The SMILES string of the molecule is C/C=C/C[C@@H](C)[C@@H](O)[C@H]1C(=O)N[C@@H](CC)C(=O)N(C)[C@H](C)C(=O)N(C)[C@@H]([C@@H](C)OCCCCN2CCOCC2)C(=O)N[C@@H](C(C)C)C(=O)N(C)[C@H](CC(C)C)C(=O)N[C@@H](C)C(=O)N[C@@H](C)C(=O)N(C)[C@@H](CC(C)C)C(=O)N(C)[C@H](CC(C)C)C(=O)N(C)[C@@H](C(C)C)C(=O)N1C. The van der Waals surface area contributed by atoms with Crippen molar-refractivity contribution < 1.29 is 67.3 Å². The predicted octanol–water partition coefficient (Wildman–Crippen LogP) is 3.13. The monoisotopic (exact) mass is 1340 g/mol. The molecule has 0 bridgehead atoms. The number of rotatable bonds is 20. The second kappa shape index (κ2) is 39.8. The van der Waals surface area contributed by atoms with Crippen LogP contribution < -0.4 is 21.3 Å². The van der Waals surface area contributed by atoms with Gasteiger partial charge in [-0.3, -0.25) is 57.6 Å². The minimum Gasteiger partial charge on any atom is -0.390 e. The lowest BCUT2D eigenvalue weighted by atomic mass is 9.91. The first-order chi connectivity index (χ1) is 44.2. The number of aliphatic hydroxyl groups excluding tert-OH is 1. The molecule has 26 heteroatoms. The minimum absolute atomic E-state index is 0.00909. The molecule has 2 rings (SSSR count). The Labute approximate surface area is 568 Å². The van der Waals surface area contributed by atoms with Crippen molar-refractivity contribution in [2.24, 2.45) is 35.5 Å². The molecule has 0 radical (unpaired) electrons. The van der Waals surface area contributed by atoms with E-state index in [2.05, 4.69) is 26.2 Å². The molecule has 14 atom stereocenters. The molecular weight excluding hydrogens is 1220 g/mol. The summed E-state index contributed by atoms with van der Waals surface area (Å²) in [5.41, 5.74) is 0. The molecule has 2 saturated heterocycles. The highest BCUT2D eigenvalue weighted by molar-refractivity contribution is 6.00. The Balaban J connectivity index is 3.01. The number of hydrogen-bond acceptors (Lipinski definition) is 15. The average Bonchev–Trinajstić information content (AvgIpc) is 0.815. The number of hydrogen-bond donors (Lipinski definition) is 5. The normalized spacial score (nSPS) is 27.6. The van der Waals surface area contributed by atoms with E-state index in [1.807, 2.05) is 47.6 Å². The van der Waals surface area contributed by atoms with Gasteiger partial charge in [-0.2, -0.15) is 0 Å². The van der Waals surface area contributed by atoms with E-state index in [0.29, 0.717) is 26.1 Å². The van der Waals surface area contributed by atoms with Gasteiger partial charge >= 0.3 is 0 Å². The summed E-state index contributed by atoms with van der Waals surface area (Å²) >= 11 is 0. The third-order valence-corrected chi connectivity index (χ3v) is 18.6. The standard InChI is InChI=1S/C69H124N12O14/c1-25-27-30-45(13)58(82)57-62(86)72-50(26-2)65(89)74(18)48(16)64(88)79(23)56(49(17)95-34-29-28-31-81-32-35-94-36-33-81)61(85)73-54(43(9)10)68(92)75(19)51(37-40(3)4)60(84)70-46(14)59(83)71-47(15)63(87)76(20)52(38-41(5)6)66(90)77(21)53(39-42(7)8)67(91)78(22)55(44(11)12)69(93)80(57)24/h25,27,40-58,82H,26,28-39H2,1-24H3,(H,70,84)(H,71,83)(H,72,86)(H,73,85)/b27-25+/t45-,46+,47+,48-,49-,50+,51-,52+,53-,54+,55+,56+,57+,58-/m1/s1. The highest BCUT2D eigenvalue weighted by Gasteiger charge is 2.46. The minimum atomic E-state index is -1.64. The Morgan fingerprint density at radius 1 is 0.505 bits per heavy atom. The van der Waals surface area contributed by atoms with Gasteiger partial charge in [-0.05, 0) is 122 Å². The smallest absolute Gasteiger partial charge is 0.246 e. The number of aliphatic hydroxyl groups is 1. The lowest BCUT2D eigenvalue weighted by molar-refractivity contribution is -0.157. The molecule has 11 amide bonds. The van der Waals surface area contributed by atoms with Gasteiger partial charge in [0.15, 0.2) is 0 Å². The number of nitrogens with zero attached hydrogens (tertiary/aromatic N) is 8. The highest BCUT2D eigenvalue weighted by atomic mass is 16.5. The van der Waals surface area contributed by atoms with Gasteiger partial charge in [0, 0.05) is 69.0 Å². The molecule has 0 aromatic heterocycles. The van der Waals surface area contributed by atoms with Crippen LogP contribution in [0, 0.1) is 35.5 Å². The molecule has 544 valence electrons. The maximum Gasteiger partial charge on any atom is 0.246 e. The largest absolute Gasteiger partial charge is 0.390 e. The Kier molecular flexibility index (Phi) is 35.6. The number of carbonyl (C=O) groups is 11. The first kappa shape index (κ1) is 84.8. The van der Waals surface area contributed by atoms with Crippen LogP contribution in [0.1, 0.15) is 163 Å². The van der Waals surface area contributed by atoms with E-state index in [9.17, 15) is 33.9 Å². The molecule has 0 spiro atoms. The van der Waals surface area contributed by atoms with Gasteiger partial charge in [-0.1, -0.05) is 95.2 Å². The summed E-state index contributed by atoms with van der Waals surface area (Å²) in [4.78, 5) is 174. The Morgan fingerprint density at radius 2 is 0.979 bits per heavy atom. The third kappa shape index (κ3) is 24.1. The summed E-state index contributed by atoms with van der Waals surface area (Å²) in [6.07, 6.45) is 3.17. The number of ether oxygens (including phenoxy) is 2. The molecule has 2 aliphatic rings. The maximum absolute atomic E-state index is 15.3. The van der Waals surface area contributed by atoms with Crippen molar-refractivity contribution in [3.05, 3.63) is 12.2 Å². The van der Waals surface area contributed by atoms with E-state index < -0.39 is 161 Å². The Hall–Kier alpha value is -6.25. The van der Waals surface area contributed by atoms with Crippen molar-refractivity contribution in [3.63, 3.8) is 0 Å². The number of likely N-dealkylation sites (N-methyl/N-ethyl adjacent to an activating group) is 7. The molecule has 0 saturated carbocycles. The summed E-state index contributed by atoms with van der Waals surface area (Å²) in [5, 5.41) is 23.3. The van der Waals surface area contributed by atoms with E-state index in [-0.39, 0.29) is 50.0 Å². The van der Waals surface area contributed by atoms with Crippen LogP contribution in [-0.4, -0.2) is 277 Å². The zero-order valence-corrected chi connectivity index (χ0v) is 62.1. The molecule has 2 heterocycles. The van der Waals surface area contributed by atoms with Crippen molar-refractivity contribution in [2.45, 2.75) is 241 Å². The van der Waals surface area contributed by atoms with Crippen LogP contribution in [0.25, 0.3) is 0 Å². The Morgan fingerprint density at radius 3 is 1.48 bits per heavy atom. The van der Waals surface area contributed by atoms with E-state index in [4.69, 9.17) is 9.47 Å². The van der Waals surface area contributed by atoms with E-state index >= 15 is 24.0 Å². The van der Waals surface area contributed by atoms with Crippen LogP contribution in [0.4, 0.5) is 0 Å². The van der Waals surface area contributed by atoms with Gasteiger partial charge < -0.3 is 70.1 Å². The van der Waals surface area contributed by atoms with E-state index in [1.54, 1.807) is 61.5 Å². The number of allylic oxidation sites excluding steroid dienone is 2. The number of unbranched alkanes of at least 4 members (excludes halogenated alkanes) is 1. The fourth-order valence-electron chi connectivity index (χ4n) is 12.3. The summed E-state index contributed by atoms with van der Waals surface area (Å²) in [5.74, 6) is -10.0. The number of nitrogens with one attached hydrogen (secondary N) is 4. The molecule has 95 heavy (non-hydrogen) atoms. The molecule has 2 fully saturated rings. The summed E-state index contributed by atoms with van der Waals surface area (Å²) in [6.45, 7) is 33.2. The van der Waals surface area contributed by atoms with Gasteiger partial charge in [-0.15, -0.1) is 0 Å². The second-order valence-electron chi connectivity index (χ2n) is 28.5. The quantitative estimate of drug-likeness (QED) is 0.0864. The molecule has 0 aromatic rings. The number of amides is 11. The zero-order valence-electron chi connectivity index (χ0n) is 62.1.